The zero-order chi connectivity index (χ0) is 37.5. The number of ether oxygens (including phenoxy) is 7. The lowest BCUT2D eigenvalue weighted by Crippen LogP contribution is -2.68. The molecule has 51 heavy (non-hydrogen) atoms. The molecule has 0 aromatic carbocycles. The molecular weight excluding hydrogens is 708 g/mol. The molecule has 298 valence electrons. The highest BCUT2D eigenvalue weighted by atomic mass is 32.2. The van der Waals surface area contributed by atoms with Crippen molar-refractivity contribution in [3.63, 3.8) is 0 Å². The quantitative estimate of drug-likeness (QED) is 0.0877. The van der Waals surface area contributed by atoms with Gasteiger partial charge in [-0.15, -0.1) is 11.8 Å². The van der Waals surface area contributed by atoms with Crippen LogP contribution in [-0.2, 0) is 33.2 Å². The summed E-state index contributed by atoms with van der Waals surface area (Å²) >= 11 is 0.968. The van der Waals surface area contributed by atoms with Crippen LogP contribution >= 0.6 is 11.8 Å². The Labute approximate surface area is 297 Å². The number of aliphatic hydroxyl groups is 9. The molecule has 0 radical (unpaired) electrons. The van der Waals surface area contributed by atoms with Crippen LogP contribution < -0.4 is 34.4 Å². The molecule has 0 aromatic heterocycles. The molecule has 0 amide bonds. The summed E-state index contributed by atoms with van der Waals surface area (Å²) in [5.41, 5.74) is 35.2. The summed E-state index contributed by atoms with van der Waals surface area (Å²) < 4.78 is 41.4. The molecule has 8 unspecified atom stereocenters. The zero-order valence-corrected chi connectivity index (χ0v) is 28.4. The molecule has 0 aromatic rings. The van der Waals surface area contributed by atoms with Crippen molar-refractivity contribution in [1.82, 2.24) is 0 Å². The van der Waals surface area contributed by atoms with E-state index in [1.54, 1.807) is 0 Å². The van der Waals surface area contributed by atoms with Crippen LogP contribution in [0.5, 0.6) is 0 Å². The van der Waals surface area contributed by atoms with Gasteiger partial charge in [0.15, 0.2) is 18.9 Å². The van der Waals surface area contributed by atoms with Crippen LogP contribution in [-0.4, -0.2) is 211 Å². The van der Waals surface area contributed by atoms with Crippen molar-refractivity contribution >= 4 is 11.8 Å². The van der Waals surface area contributed by atoms with E-state index in [1.807, 2.05) is 0 Å². The standard InChI is InChI=1S/C28H54N6O16S/c29-2-8-15(37)18(40)12(33)25(44-8)48-22-7(32)1-6(31)14(36)24(22)50-27-21(43)23(49-26-13(34)19(41)16(38)9(3-30)45-26)11(46-27)5-51-28-20(42)17(39)10(4-35)47-28/h6-28,35-43H,1-5,29-34H2/t6-,7?,8?,9+,10-,11-,12?,13?,14?,15-,16-,17+,18-,19?,20?,21+,22-,23+,24-,25-,26-,27?,28+/m1/s1. The van der Waals surface area contributed by atoms with E-state index < -0.39 is 147 Å². The van der Waals surface area contributed by atoms with Crippen LogP contribution in [0, 0.1) is 0 Å². The van der Waals surface area contributed by atoms with Gasteiger partial charge in [-0.05, 0) is 6.42 Å². The molecule has 0 spiro atoms. The summed E-state index contributed by atoms with van der Waals surface area (Å²) in [7, 11) is 0. The van der Waals surface area contributed by atoms with Gasteiger partial charge in [-0.25, -0.2) is 0 Å². The van der Waals surface area contributed by atoms with E-state index in [-0.39, 0.29) is 25.3 Å². The van der Waals surface area contributed by atoms with Gasteiger partial charge in [0.2, 0.25) is 0 Å². The molecule has 23 heteroatoms. The third-order valence-electron chi connectivity index (χ3n) is 10.1. The molecule has 0 bridgehead atoms. The molecule has 5 rings (SSSR count). The largest absolute Gasteiger partial charge is 0.394 e. The van der Waals surface area contributed by atoms with Gasteiger partial charge in [0, 0.05) is 30.9 Å². The number of thioether (sulfide) groups is 1. The third-order valence-corrected chi connectivity index (χ3v) is 11.4. The summed E-state index contributed by atoms with van der Waals surface area (Å²) in [4.78, 5) is 0. The number of nitrogens with two attached hydrogens (primary N) is 6. The molecule has 4 saturated heterocycles. The molecule has 4 heterocycles. The first-order valence-corrected chi connectivity index (χ1v) is 17.9. The van der Waals surface area contributed by atoms with Gasteiger partial charge in [0.05, 0.1) is 30.9 Å². The Morgan fingerprint density at radius 2 is 1.00 bits per heavy atom. The monoisotopic (exact) mass is 762 g/mol. The van der Waals surface area contributed by atoms with Crippen LogP contribution in [0.25, 0.3) is 0 Å². The number of aliphatic hydroxyl groups excluding tert-OH is 9. The van der Waals surface area contributed by atoms with E-state index in [1.165, 1.54) is 0 Å². The maximum absolute atomic E-state index is 11.6. The first kappa shape index (κ1) is 41.6. The van der Waals surface area contributed by atoms with Gasteiger partial charge in [0.1, 0.15) is 84.8 Å². The van der Waals surface area contributed by atoms with Gasteiger partial charge in [-0.2, -0.15) is 0 Å². The minimum Gasteiger partial charge on any atom is -0.394 e. The van der Waals surface area contributed by atoms with Crippen molar-refractivity contribution in [2.24, 2.45) is 34.4 Å². The lowest BCUT2D eigenvalue weighted by atomic mass is 9.84. The second-order valence-electron chi connectivity index (χ2n) is 13.6. The fourth-order valence-corrected chi connectivity index (χ4v) is 8.15. The molecule has 1 aliphatic carbocycles. The Kier molecular flexibility index (Phi) is 14.3. The molecule has 1 saturated carbocycles. The second-order valence-corrected chi connectivity index (χ2v) is 14.7. The lowest BCUT2D eigenvalue weighted by Gasteiger charge is -2.47. The van der Waals surface area contributed by atoms with Crippen LogP contribution in [0.15, 0.2) is 0 Å². The topological polar surface area (TPSA) is 403 Å². The van der Waals surface area contributed by atoms with Crippen molar-refractivity contribution in [3.05, 3.63) is 0 Å². The highest BCUT2D eigenvalue weighted by Crippen LogP contribution is 2.37. The Morgan fingerprint density at radius 1 is 0.510 bits per heavy atom. The minimum atomic E-state index is -1.66. The van der Waals surface area contributed by atoms with E-state index >= 15 is 0 Å². The van der Waals surface area contributed by atoms with Crippen molar-refractivity contribution < 1.29 is 79.1 Å². The molecule has 22 nitrogen and oxygen atoms in total. The minimum absolute atomic E-state index is 0.0516. The predicted molar refractivity (Wildman–Crippen MR) is 171 cm³/mol. The van der Waals surface area contributed by atoms with Crippen LogP contribution in [0.3, 0.4) is 0 Å². The Hall–Kier alpha value is -0.530. The lowest BCUT2D eigenvalue weighted by molar-refractivity contribution is -0.306. The summed E-state index contributed by atoms with van der Waals surface area (Å²) in [5.74, 6) is -0.0841. The highest BCUT2D eigenvalue weighted by Gasteiger charge is 2.55. The first-order chi connectivity index (χ1) is 24.1. The Balaban J connectivity index is 1.36. The SMILES string of the molecule is NCC1O[C@H](O[C@@H]2C(N)C[C@@H](N)C(O)[C@H]2OC2O[C@H](CS[C@@H]3O[C@H](CO)[C@H](O)C3O)[C@H](O[C@H]3O[C@@H](CN)[C@@H](O)C(O)C3N)[C@@H]2O)C(N)[C@@H](O)[C@@H]1O. The molecule has 21 N–H and O–H groups in total. The predicted octanol–water partition coefficient (Wildman–Crippen LogP) is -9.72. The number of rotatable bonds is 12. The van der Waals surface area contributed by atoms with E-state index in [9.17, 15) is 46.0 Å². The number of hydrogen-bond acceptors (Lipinski definition) is 23. The van der Waals surface area contributed by atoms with E-state index in [0.29, 0.717) is 0 Å². The van der Waals surface area contributed by atoms with E-state index in [4.69, 9.17) is 67.6 Å². The van der Waals surface area contributed by atoms with Gasteiger partial charge in [-0.1, -0.05) is 0 Å². The fourth-order valence-electron chi connectivity index (χ4n) is 6.92. The number of hydrogen-bond donors (Lipinski definition) is 15. The van der Waals surface area contributed by atoms with Gasteiger partial charge < -0.3 is 114 Å². The second kappa shape index (κ2) is 17.5. The smallest absolute Gasteiger partial charge is 0.187 e. The average Bonchev–Trinajstić information content (AvgIpc) is 3.56. The maximum atomic E-state index is 11.6. The normalized spacial score (nSPS) is 53.8. The summed E-state index contributed by atoms with van der Waals surface area (Å²) in [5, 5.41) is 94.6. The summed E-state index contributed by atoms with van der Waals surface area (Å²) in [6.45, 7) is -0.942. The third kappa shape index (κ3) is 8.51. The van der Waals surface area contributed by atoms with Crippen molar-refractivity contribution in [2.75, 3.05) is 25.4 Å². The zero-order valence-electron chi connectivity index (χ0n) is 27.6. The molecule has 23 atom stereocenters. The molecule has 5 fully saturated rings. The van der Waals surface area contributed by atoms with Crippen molar-refractivity contribution in [3.8, 4) is 0 Å². The Bertz CT molecular complexity index is 1110. The summed E-state index contributed by atoms with van der Waals surface area (Å²) in [6, 6.07) is -4.39. The van der Waals surface area contributed by atoms with E-state index in [2.05, 4.69) is 0 Å². The van der Waals surface area contributed by atoms with Crippen molar-refractivity contribution in [2.45, 2.75) is 146 Å². The highest BCUT2D eigenvalue weighted by molar-refractivity contribution is 7.99. The van der Waals surface area contributed by atoms with Crippen LogP contribution in [0.2, 0.25) is 0 Å². The van der Waals surface area contributed by atoms with Crippen LogP contribution in [0.1, 0.15) is 6.42 Å². The van der Waals surface area contributed by atoms with E-state index in [0.717, 1.165) is 11.8 Å². The molecule has 5 aliphatic rings. The first-order valence-electron chi connectivity index (χ1n) is 16.8. The van der Waals surface area contributed by atoms with Gasteiger partial charge in [0.25, 0.3) is 0 Å². The van der Waals surface area contributed by atoms with Crippen LogP contribution in [0.4, 0.5) is 0 Å². The fraction of sp³-hybridized carbons (Fsp3) is 1.00. The summed E-state index contributed by atoms with van der Waals surface area (Å²) in [6.07, 6.45) is -24.2. The van der Waals surface area contributed by atoms with Crippen molar-refractivity contribution in [1.29, 1.82) is 0 Å². The average molecular weight is 763 g/mol. The molecule has 4 aliphatic heterocycles. The van der Waals surface area contributed by atoms with Gasteiger partial charge >= 0.3 is 0 Å². The molecular formula is C28H54N6O16S. The maximum Gasteiger partial charge on any atom is 0.187 e. The van der Waals surface area contributed by atoms with Gasteiger partial charge in [-0.3, -0.25) is 0 Å². The Morgan fingerprint density at radius 3 is 1.51 bits per heavy atom.